The summed E-state index contributed by atoms with van der Waals surface area (Å²) in [6.45, 7) is 0. The highest BCUT2D eigenvalue weighted by atomic mass is 35.5. The molecule has 2 rings (SSSR count). The standard InChI is InChI=1S/C17H16Cl2N2O4S/c1-23-13-6-9(7-14(24-2)15(13)25-3)16(22)21-17(26)20-12-8-10(18)4-5-11(12)19/h4-8H,1-3H3,(H2,20,21,22,26). The van der Waals surface area contributed by atoms with Crippen molar-refractivity contribution in [3.8, 4) is 17.2 Å². The van der Waals surface area contributed by atoms with Crippen LogP contribution in [-0.2, 0) is 0 Å². The van der Waals surface area contributed by atoms with Gasteiger partial charge in [0.2, 0.25) is 5.75 Å². The highest BCUT2D eigenvalue weighted by Crippen LogP contribution is 2.38. The third kappa shape index (κ3) is 4.69. The molecule has 0 radical (unpaired) electrons. The first kappa shape index (κ1) is 20.1. The van der Waals surface area contributed by atoms with E-state index in [0.717, 1.165) is 0 Å². The first-order valence-electron chi connectivity index (χ1n) is 7.27. The lowest BCUT2D eigenvalue weighted by Gasteiger charge is -2.15. The highest BCUT2D eigenvalue weighted by molar-refractivity contribution is 7.80. The molecule has 0 aliphatic rings. The van der Waals surface area contributed by atoms with E-state index in [1.807, 2.05) is 0 Å². The number of anilines is 1. The molecule has 0 atom stereocenters. The number of nitrogens with one attached hydrogen (secondary N) is 2. The molecule has 9 heteroatoms. The molecule has 0 aliphatic carbocycles. The Hall–Kier alpha value is -2.22. The Bertz CT molecular complexity index is 821. The molecule has 2 N–H and O–H groups in total. The van der Waals surface area contributed by atoms with Gasteiger partial charge in [0.25, 0.3) is 5.91 Å². The van der Waals surface area contributed by atoms with Crippen LogP contribution in [0.25, 0.3) is 0 Å². The predicted molar refractivity (Wildman–Crippen MR) is 106 cm³/mol. The van der Waals surface area contributed by atoms with Crippen LogP contribution < -0.4 is 24.8 Å². The molecule has 2 aromatic rings. The zero-order valence-corrected chi connectivity index (χ0v) is 16.5. The average molecular weight is 415 g/mol. The summed E-state index contributed by atoms with van der Waals surface area (Å²) < 4.78 is 15.7. The number of ether oxygens (including phenoxy) is 3. The van der Waals surface area contributed by atoms with Gasteiger partial charge in [-0.05, 0) is 42.5 Å². The van der Waals surface area contributed by atoms with E-state index in [1.54, 1.807) is 18.2 Å². The van der Waals surface area contributed by atoms with Crippen LogP contribution in [0.4, 0.5) is 5.69 Å². The second kappa shape index (κ2) is 8.93. The van der Waals surface area contributed by atoms with Gasteiger partial charge >= 0.3 is 0 Å². The van der Waals surface area contributed by atoms with Crippen molar-refractivity contribution in [2.75, 3.05) is 26.6 Å². The minimum atomic E-state index is -0.458. The number of thiocarbonyl (C=S) groups is 1. The van der Waals surface area contributed by atoms with Crippen LogP contribution in [0.15, 0.2) is 30.3 Å². The highest BCUT2D eigenvalue weighted by Gasteiger charge is 2.18. The molecule has 0 saturated heterocycles. The van der Waals surface area contributed by atoms with E-state index in [9.17, 15) is 4.79 Å². The summed E-state index contributed by atoms with van der Waals surface area (Å²) in [7, 11) is 4.41. The second-order valence-electron chi connectivity index (χ2n) is 4.95. The minimum Gasteiger partial charge on any atom is -0.493 e. The molecule has 26 heavy (non-hydrogen) atoms. The number of amides is 1. The monoisotopic (exact) mass is 414 g/mol. The van der Waals surface area contributed by atoms with Gasteiger partial charge in [0.1, 0.15) is 0 Å². The van der Waals surface area contributed by atoms with Gasteiger partial charge in [-0.2, -0.15) is 0 Å². The number of rotatable bonds is 5. The Morgan fingerprint density at radius 2 is 1.62 bits per heavy atom. The maximum Gasteiger partial charge on any atom is 0.257 e. The van der Waals surface area contributed by atoms with E-state index in [-0.39, 0.29) is 10.7 Å². The third-order valence-electron chi connectivity index (χ3n) is 3.33. The number of carbonyl (C=O) groups is 1. The lowest BCUT2D eigenvalue weighted by Crippen LogP contribution is -2.34. The van der Waals surface area contributed by atoms with Crippen molar-refractivity contribution in [1.82, 2.24) is 5.32 Å². The molecular weight excluding hydrogens is 399 g/mol. The molecule has 0 unspecified atom stereocenters. The minimum absolute atomic E-state index is 0.0629. The maximum atomic E-state index is 12.5. The van der Waals surface area contributed by atoms with Crippen LogP contribution in [0.2, 0.25) is 10.0 Å². The Morgan fingerprint density at radius 3 is 2.15 bits per heavy atom. The molecular formula is C17H16Cl2N2O4S. The number of halogens is 2. The van der Waals surface area contributed by atoms with Gasteiger partial charge < -0.3 is 19.5 Å². The number of methoxy groups -OCH3 is 3. The zero-order chi connectivity index (χ0) is 19.3. The molecule has 0 aromatic heterocycles. The third-order valence-corrected chi connectivity index (χ3v) is 4.10. The lowest BCUT2D eigenvalue weighted by atomic mass is 10.1. The van der Waals surface area contributed by atoms with Crippen LogP contribution >= 0.6 is 35.4 Å². The van der Waals surface area contributed by atoms with Gasteiger partial charge in [0, 0.05) is 10.6 Å². The van der Waals surface area contributed by atoms with Crippen LogP contribution in [0.3, 0.4) is 0 Å². The van der Waals surface area contributed by atoms with Crippen LogP contribution in [0.1, 0.15) is 10.4 Å². The fraction of sp³-hybridized carbons (Fsp3) is 0.176. The molecule has 138 valence electrons. The van der Waals surface area contributed by atoms with Gasteiger partial charge in [-0.25, -0.2) is 0 Å². The molecule has 0 bridgehead atoms. The van der Waals surface area contributed by atoms with Crippen LogP contribution in [0.5, 0.6) is 17.2 Å². The Kier molecular flexibility index (Phi) is 6.90. The maximum absolute atomic E-state index is 12.5. The Morgan fingerprint density at radius 1 is 1.00 bits per heavy atom. The number of hydrogen-bond donors (Lipinski definition) is 2. The van der Waals surface area contributed by atoms with Crippen molar-refractivity contribution in [3.05, 3.63) is 45.9 Å². The quantitative estimate of drug-likeness (QED) is 0.716. The van der Waals surface area contributed by atoms with E-state index in [2.05, 4.69) is 10.6 Å². The second-order valence-corrected chi connectivity index (χ2v) is 6.20. The van der Waals surface area contributed by atoms with Gasteiger partial charge in [0.15, 0.2) is 16.6 Å². The van der Waals surface area contributed by atoms with E-state index < -0.39 is 5.91 Å². The van der Waals surface area contributed by atoms with E-state index in [0.29, 0.717) is 33.0 Å². The molecule has 0 heterocycles. The summed E-state index contributed by atoms with van der Waals surface area (Å²) in [5, 5.41) is 6.35. The van der Waals surface area contributed by atoms with Crippen molar-refractivity contribution in [2.45, 2.75) is 0 Å². The van der Waals surface area contributed by atoms with Crippen molar-refractivity contribution < 1.29 is 19.0 Å². The largest absolute Gasteiger partial charge is 0.493 e. The van der Waals surface area contributed by atoms with Gasteiger partial charge in [-0.3, -0.25) is 10.1 Å². The summed E-state index contributed by atoms with van der Waals surface area (Å²) in [5.41, 5.74) is 0.759. The Balaban J connectivity index is 2.19. The summed E-state index contributed by atoms with van der Waals surface area (Å²) in [6, 6.07) is 7.90. The number of hydrogen-bond acceptors (Lipinski definition) is 5. The zero-order valence-electron chi connectivity index (χ0n) is 14.2. The summed E-state index contributed by atoms with van der Waals surface area (Å²) in [6.07, 6.45) is 0. The summed E-state index contributed by atoms with van der Waals surface area (Å²) in [5.74, 6) is 0.639. The van der Waals surface area contributed by atoms with Gasteiger partial charge in [-0.15, -0.1) is 0 Å². The van der Waals surface area contributed by atoms with Crippen LogP contribution in [-0.4, -0.2) is 32.3 Å². The van der Waals surface area contributed by atoms with E-state index in [1.165, 1.54) is 33.5 Å². The number of benzene rings is 2. The molecule has 0 fully saturated rings. The van der Waals surface area contributed by atoms with Crippen LogP contribution in [0, 0.1) is 0 Å². The molecule has 2 aromatic carbocycles. The fourth-order valence-corrected chi connectivity index (χ4v) is 2.67. The van der Waals surface area contributed by atoms with Crippen molar-refractivity contribution >= 4 is 52.1 Å². The molecule has 0 saturated carbocycles. The summed E-state index contributed by atoms with van der Waals surface area (Å²) in [4.78, 5) is 12.5. The predicted octanol–water partition coefficient (Wildman–Crippen LogP) is 4.15. The first-order chi connectivity index (χ1) is 12.4. The average Bonchev–Trinajstić information content (AvgIpc) is 2.63. The topological polar surface area (TPSA) is 68.8 Å². The molecule has 0 aliphatic heterocycles. The Labute approximate surface area is 166 Å². The fourth-order valence-electron chi connectivity index (χ4n) is 2.13. The lowest BCUT2D eigenvalue weighted by molar-refractivity contribution is 0.0977. The SMILES string of the molecule is COc1cc(C(=O)NC(=S)Nc2cc(Cl)ccc2Cl)cc(OC)c1OC. The molecule has 0 spiro atoms. The van der Waals surface area contributed by atoms with Crippen molar-refractivity contribution in [3.63, 3.8) is 0 Å². The summed E-state index contributed by atoms with van der Waals surface area (Å²) >= 11 is 17.1. The van der Waals surface area contributed by atoms with E-state index >= 15 is 0 Å². The number of carbonyl (C=O) groups excluding carboxylic acids is 1. The normalized spacial score (nSPS) is 10.0. The van der Waals surface area contributed by atoms with E-state index in [4.69, 9.17) is 49.6 Å². The molecule has 1 amide bonds. The van der Waals surface area contributed by atoms with Crippen molar-refractivity contribution in [2.24, 2.45) is 0 Å². The van der Waals surface area contributed by atoms with Gasteiger partial charge in [-0.1, -0.05) is 23.2 Å². The van der Waals surface area contributed by atoms with Gasteiger partial charge in [0.05, 0.1) is 32.0 Å². The first-order valence-corrected chi connectivity index (χ1v) is 8.43. The van der Waals surface area contributed by atoms with Crippen molar-refractivity contribution in [1.29, 1.82) is 0 Å². The smallest absolute Gasteiger partial charge is 0.257 e. The molecule has 6 nitrogen and oxygen atoms in total.